The molecule has 0 fully saturated rings. The lowest BCUT2D eigenvalue weighted by molar-refractivity contribution is -0.113. The second-order valence-corrected chi connectivity index (χ2v) is 3.25. The van der Waals surface area contributed by atoms with Crippen LogP contribution < -0.4 is 4.90 Å². The average molecular weight is 231 g/mol. The number of ether oxygens (including phenoxy) is 1. The van der Waals surface area contributed by atoms with E-state index in [-0.39, 0.29) is 5.91 Å². The first-order valence-corrected chi connectivity index (χ1v) is 4.99. The number of esters is 1. The van der Waals surface area contributed by atoms with Crippen LogP contribution >= 0.6 is 0 Å². The Morgan fingerprint density at radius 3 is 2.53 bits per heavy atom. The fraction of sp³-hybridized carbons (Fsp3) is 0.231. The number of carbonyl (C=O) groups excluding carboxylic acids is 2. The smallest absolute Gasteiger partial charge is 0.339 e. The predicted molar refractivity (Wildman–Crippen MR) is 64.6 cm³/mol. The van der Waals surface area contributed by atoms with E-state index in [1.54, 1.807) is 38.2 Å². The van der Waals surface area contributed by atoms with E-state index in [0.717, 1.165) is 0 Å². The van der Waals surface area contributed by atoms with Crippen LogP contribution in [-0.2, 0) is 9.53 Å². The number of hydrogen-bond acceptors (Lipinski definition) is 3. The quantitative estimate of drug-likeness (QED) is 0.572. The van der Waals surface area contributed by atoms with E-state index in [2.05, 4.69) is 16.6 Å². The lowest BCUT2D eigenvalue weighted by Crippen LogP contribution is -2.26. The van der Waals surface area contributed by atoms with Gasteiger partial charge in [-0.2, -0.15) is 0 Å². The molecule has 88 valence electrons. The summed E-state index contributed by atoms with van der Waals surface area (Å²) in [5.74, 6) is 4.08. The summed E-state index contributed by atoms with van der Waals surface area (Å²) in [6, 6.07) is 6.72. The molecular formula is C13H13NO3. The van der Waals surface area contributed by atoms with E-state index < -0.39 is 5.97 Å². The van der Waals surface area contributed by atoms with Crippen molar-refractivity contribution < 1.29 is 14.3 Å². The van der Waals surface area contributed by atoms with Crippen molar-refractivity contribution in [1.29, 1.82) is 0 Å². The lowest BCUT2D eigenvalue weighted by atomic mass is 10.1. The number of benzene rings is 1. The Bertz CT molecular complexity index is 497. The molecule has 0 bridgehead atoms. The molecule has 0 radical (unpaired) electrons. The minimum atomic E-state index is -0.482. The minimum Gasteiger partial charge on any atom is -0.465 e. The van der Waals surface area contributed by atoms with Crippen molar-refractivity contribution in [2.24, 2.45) is 0 Å². The van der Waals surface area contributed by atoms with E-state index in [4.69, 9.17) is 0 Å². The van der Waals surface area contributed by atoms with Crippen LogP contribution in [0.25, 0.3) is 0 Å². The van der Waals surface area contributed by atoms with Gasteiger partial charge in [-0.1, -0.05) is 18.1 Å². The fourth-order valence-electron chi connectivity index (χ4n) is 1.35. The third kappa shape index (κ3) is 2.85. The molecule has 0 aliphatic rings. The van der Waals surface area contributed by atoms with Crippen molar-refractivity contribution in [3.05, 3.63) is 29.8 Å². The molecule has 4 heteroatoms. The van der Waals surface area contributed by atoms with Crippen LogP contribution in [0.15, 0.2) is 24.3 Å². The fourth-order valence-corrected chi connectivity index (χ4v) is 1.35. The summed E-state index contributed by atoms with van der Waals surface area (Å²) >= 11 is 0. The predicted octanol–water partition coefficient (Wildman–Crippen LogP) is 1.46. The topological polar surface area (TPSA) is 46.6 Å². The molecule has 1 aromatic carbocycles. The van der Waals surface area contributed by atoms with Gasteiger partial charge < -0.3 is 9.64 Å². The molecule has 0 N–H and O–H groups in total. The molecule has 0 aliphatic carbocycles. The van der Waals surface area contributed by atoms with Gasteiger partial charge in [0.15, 0.2) is 0 Å². The Morgan fingerprint density at radius 1 is 1.29 bits per heavy atom. The number of carbonyl (C=O) groups is 2. The van der Waals surface area contributed by atoms with E-state index in [9.17, 15) is 9.59 Å². The zero-order chi connectivity index (χ0) is 12.8. The first-order chi connectivity index (χ1) is 8.11. The molecule has 0 unspecified atom stereocenters. The van der Waals surface area contributed by atoms with Crippen molar-refractivity contribution >= 4 is 17.6 Å². The van der Waals surface area contributed by atoms with Gasteiger partial charge >= 0.3 is 11.9 Å². The summed E-state index contributed by atoms with van der Waals surface area (Å²) in [6.45, 7) is 1.58. The van der Waals surface area contributed by atoms with Crippen molar-refractivity contribution in [2.75, 3.05) is 19.1 Å². The van der Waals surface area contributed by atoms with Gasteiger partial charge in [0.25, 0.3) is 0 Å². The normalized spacial score (nSPS) is 8.88. The van der Waals surface area contributed by atoms with Gasteiger partial charge in [-0.25, -0.2) is 4.79 Å². The third-order valence-corrected chi connectivity index (χ3v) is 2.21. The Morgan fingerprint density at radius 2 is 1.94 bits per heavy atom. The Balaban J connectivity index is 3.16. The molecule has 0 aliphatic heterocycles. The molecule has 0 saturated heterocycles. The molecule has 1 aromatic rings. The van der Waals surface area contributed by atoms with Gasteiger partial charge in [-0.3, -0.25) is 4.79 Å². The molecule has 0 aromatic heterocycles. The molecular weight excluding hydrogens is 218 g/mol. The van der Waals surface area contributed by atoms with Gasteiger partial charge in [0, 0.05) is 7.05 Å². The molecule has 0 spiro atoms. The van der Waals surface area contributed by atoms with Gasteiger partial charge in [0.05, 0.1) is 18.4 Å². The highest BCUT2D eigenvalue weighted by Crippen LogP contribution is 2.19. The van der Waals surface area contributed by atoms with Crippen LogP contribution in [0.5, 0.6) is 0 Å². The maximum atomic E-state index is 11.6. The molecule has 0 saturated carbocycles. The van der Waals surface area contributed by atoms with Crippen LogP contribution in [0.4, 0.5) is 5.69 Å². The summed E-state index contributed by atoms with van der Waals surface area (Å²) in [4.78, 5) is 24.5. The second kappa shape index (κ2) is 5.71. The summed E-state index contributed by atoms with van der Waals surface area (Å²) in [6.07, 6.45) is 0. The van der Waals surface area contributed by atoms with Crippen LogP contribution in [0.2, 0.25) is 0 Å². The van der Waals surface area contributed by atoms with Crippen LogP contribution in [0.3, 0.4) is 0 Å². The highest BCUT2D eigenvalue weighted by Gasteiger charge is 2.17. The molecule has 4 nitrogen and oxygen atoms in total. The molecule has 17 heavy (non-hydrogen) atoms. The molecule has 1 amide bonds. The Labute approximate surface area is 100 Å². The summed E-state index contributed by atoms with van der Waals surface area (Å²) in [5, 5.41) is 0. The summed E-state index contributed by atoms with van der Waals surface area (Å²) in [7, 11) is 2.86. The van der Waals surface area contributed by atoms with Gasteiger partial charge in [0.2, 0.25) is 0 Å². The number of rotatable bonds is 2. The number of hydrogen-bond donors (Lipinski definition) is 0. The standard InChI is InChI=1S/C13H13NO3/c1-4-7-12(15)14(2)11-9-6-5-8-10(11)13(16)17-3/h5-6,8-9H,1-3H3. The Hall–Kier alpha value is -2.28. The van der Waals surface area contributed by atoms with Crippen molar-refractivity contribution in [2.45, 2.75) is 6.92 Å². The van der Waals surface area contributed by atoms with Gasteiger partial charge in [-0.15, -0.1) is 0 Å². The van der Waals surface area contributed by atoms with E-state index in [1.165, 1.54) is 12.0 Å². The SMILES string of the molecule is CC#CC(=O)N(C)c1ccccc1C(=O)OC. The number of methoxy groups -OCH3 is 1. The van der Waals surface area contributed by atoms with Crippen LogP contribution in [-0.4, -0.2) is 26.0 Å². The summed E-state index contributed by atoms with van der Waals surface area (Å²) in [5.41, 5.74) is 0.816. The van der Waals surface area contributed by atoms with Gasteiger partial charge in [-0.05, 0) is 25.0 Å². The number of anilines is 1. The van der Waals surface area contributed by atoms with Gasteiger partial charge in [0.1, 0.15) is 0 Å². The summed E-state index contributed by atoms with van der Waals surface area (Å²) < 4.78 is 4.65. The van der Waals surface area contributed by atoms with Crippen molar-refractivity contribution in [3.8, 4) is 11.8 Å². The zero-order valence-corrected chi connectivity index (χ0v) is 9.98. The van der Waals surface area contributed by atoms with Crippen molar-refractivity contribution in [1.82, 2.24) is 0 Å². The first-order valence-electron chi connectivity index (χ1n) is 4.99. The monoisotopic (exact) mass is 231 g/mol. The van der Waals surface area contributed by atoms with Crippen LogP contribution in [0.1, 0.15) is 17.3 Å². The minimum absolute atomic E-state index is 0.337. The third-order valence-electron chi connectivity index (χ3n) is 2.21. The van der Waals surface area contributed by atoms with E-state index >= 15 is 0 Å². The first kappa shape index (κ1) is 12.8. The van der Waals surface area contributed by atoms with Crippen LogP contribution in [0, 0.1) is 11.8 Å². The molecule has 0 atom stereocenters. The second-order valence-electron chi connectivity index (χ2n) is 3.25. The highest BCUT2D eigenvalue weighted by molar-refractivity contribution is 6.09. The molecule has 0 heterocycles. The Kier molecular flexibility index (Phi) is 4.29. The number of nitrogens with zero attached hydrogens (tertiary/aromatic N) is 1. The maximum absolute atomic E-state index is 11.6. The number of para-hydroxylation sites is 1. The highest BCUT2D eigenvalue weighted by atomic mass is 16.5. The van der Waals surface area contributed by atoms with E-state index in [0.29, 0.717) is 11.3 Å². The van der Waals surface area contributed by atoms with Crippen molar-refractivity contribution in [3.63, 3.8) is 0 Å². The lowest BCUT2D eigenvalue weighted by Gasteiger charge is -2.16. The molecule has 1 rings (SSSR count). The average Bonchev–Trinajstić information content (AvgIpc) is 2.37. The zero-order valence-electron chi connectivity index (χ0n) is 9.98. The van der Waals surface area contributed by atoms with E-state index in [1.807, 2.05) is 0 Å². The maximum Gasteiger partial charge on any atom is 0.339 e. The largest absolute Gasteiger partial charge is 0.465 e. The number of amides is 1.